The normalized spacial score (nSPS) is 18.5. The molecule has 3 nitrogen and oxygen atoms in total. The van der Waals surface area contributed by atoms with Crippen LogP contribution in [-0.4, -0.2) is 31.9 Å². The lowest BCUT2D eigenvalue weighted by Crippen LogP contribution is -2.36. The molecule has 1 rings (SSSR count). The molecule has 1 unspecified atom stereocenters. The van der Waals surface area contributed by atoms with Crippen LogP contribution in [0, 0.1) is 0 Å². The monoisotopic (exact) mass is 213 g/mol. The van der Waals surface area contributed by atoms with E-state index in [1.54, 1.807) is 0 Å². The summed E-state index contributed by atoms with van der Waals surface area (Å²) >= 11 is 0. The van der Waals surface area contributed by atoms with Gasteiger partial charge in [-0.3, -0.25) is 0 Å². The molecule has 0 radical (unpaired) electrons. The number of nitrogens with one attached hydrogen (secondary N) is 1. The minimum Gasteiger partial charge on any atom is -0.501 e. The van der Waals surface area contributed by atoms with Gasteiger partial charge in [0.15, 0.2) is 0 Å². The third-order valence-electron chi connectivity index (χ3n) is 2.46. The van der Waals surface area contributed by atoms with Crippen LogP contribution in [-0.2, 0) is 9.47 Å². The maximum Gasteiger partial charge on any atom is 0.0876 e. The average Bonchev–Trinajstić information content (AvgIpc) is 2.25. The molecule has 1 heterocycles. The van der Waals surface area contributed by atoms with Gasteiger partial charge in [0.2, 0.25) is 0 Å². The minimum absolute atomic E-state index is 0.288. The van der Waals surface area contributed by atoms with E-state index in [2.05, 4.69) is 26.1 Å². The molecular formula is C12H23NO2. The third kappa shape index (κ3) is 4.67. The Kier molecular flexibility index (Phi) is 5.73. The number of hydrogen-bond donors (Lipinski definition) is 1. The van der Waals surface area contributed by atoms with Gasteiger partial charge < -0.3 is 14.8 Å². The highest BCUT2D eigenvalue weighted by molar-refractivity contribution is 5.10. The molecule has 1 atom stereocenters. The van der Waals surface area contributed by atoms with Crippen molar-refractivity contribution in [3.8, 4) is 0 Å². The second-order valence-corrected chi connectivity index (χ2v) is 4.16. The van der Waals surface area contributed by atoms with E-state index in [4.69, 9.17) is 9.47 Å². The molecule has 0 aromatic heterocycles. The first kappa shape index (κ1) is 12.5. The average molecular weight is 213 g/mol. The van der Waals surface area contributed by atoms with Gasteiger partial charge in [0, 0.05) is 0 Å². The summed E-state index contributed by atoms with van der Waals surface area (Å²) < 4.78 is 11.0. The minimum atomic E-state index is 0.288. The van der Waals surface area contributed by atoms with Gasteiger partial charge in [-0.25, -0.2) is 0 Å². The van der Waals surface area contributed by atoms with E-state index in [0.717, 1.165) is 32.6 Å². The summed E-state index contributed by atoms with van der Waals surface area (Å²) in [5, 5.41) is 3.43. The fourth-order valence-electron chi connectivity index (χ4n) is 1.67. The molecule has 88 valence electrons. The Bertz CT molecular complexity index is 202. The summed E-state index contributed by atoms with van der Waals surface area (Å²) in [6, 6.07) is 0.317. The topological polar surface area (TPSA) is 30.5 Å². The lowest BCUT2D eigenvalue weighted by molar-refractivity contribution is 0.0652. The predicted octanol–water partition coefficient (Wildman–Crippen LogP) is 2.08. The molecule has 0 bridgehead atoms. The maximum atomic E-state index is 5.65. The van der Waals surface area contributed by atoms with Crippen molar-refractivity contribution in [2.75, 3.05) is 19.8 Å². The first-order chi connectivity index (χ1) is 7.24. The zero-order chi connectivity index (χ0) is 11.1. The quantitative estimate of drug-likeness (QED) is 0.733. The summed E-state index contributed by atoms with van der Waals surface area (Å²) in [5.74, 6) is 0. The van der Waals surface area contributed by atoms with Gasteiger partial charge in [0.05, 0.1) is 31.6 Å². The van der Waals surface area contributed by atoms with Crippen LogP contribution >= 0.6 is 0 Å². The highest BCUT2D eigenvalue weighted by atomic mass is 16.5. The molecule has 0 aromatic carbocycles. The Morgan fingerprint density at radius 3 is 2.87 bits per heavy atom. The molecule has 1 N–H and O–H groups in total. The smallest absolute Gasteiger partial charge is 0.0876 e. The van der Waals surface area contributed by atoms with Crippen LogP contribution in [0.25, 0.3) is 0 Å². The van der Waals surface area contributed by atoms with Gasteiger partial charge in [-0.2, -0.15) is 0 Å². The summed E-state index contributed by atoms with van der Waals surface area (Å²) in [5.41, 5.74) is 1.34. The molecule has 0 amide bonds. The molecule has 0 saturated carbocycles. The molecular weight excluding hydrogens is 190 g/mol. The maximum absolute atomic E-state index is 5.65. The zero-order valence-corrected chi connectivity index (χ0v) is 10.1. The predicted molar refractivity (Wildman–Crippen MR) is 61.8 cm³/mol. The van der Waals surface area contributed by atoms with Crippen molar-refractivity contribution >= 4 is 0 Å². The van der Waals surface area contributed by atoms with Crippen LogP contribution in [0.3, 0.4) is 0 Å². The van der Waals surface area contributed by atoms with Crippen LogP contribution < -0.4 is 5.32 Å². The Labute approximate surface area is 92.8 Å². The van der Waals surface area contributed by atoms with Crippen molar-refractivity contribution in [3.05, 3.63) is 11.8 Å². The Morgan fingerprint density at radius 2 is 2.33 bits per heavy atom. The molecule has 1 aliphatic rings. The summed E-state index contributed by atoms with van der Waals surface area (Å²) in [6.07, 6.45) is 4.44. The van der Waals surface area contributed by atoms with E-state index in [9.17, 15) is 0 Å². The second-order valence-electron chi connectivity index (χ2n) is 4.16. The van der Waals surface area contributed by atoms with E-state index < -0.39 is 0 Å². The molecule has 15 heavy (non-hydrogen) atoms. The van der Waals surface area contributed by atoms with Crippen LogP contribution in [0.15, 0.2) is 11.8 Å². The number of ether oxygens (including phenoxy) is 2. The van der Waals surface area contributed by atoms with Crippen molar-refractivity contribution in [3.63, 3.8) is 0 Å². The highest BCUT2D eigenvalue weighted by Crippen LogP contribution is 2.16. The van der Waals surface area contributed by atoms with Crippen molar-refractivity contribution in [1.29, 1.82) is 0 Å². The van der Waals surface area contributed by atoms with Crippen molar-refractivity contribution in [2.24, 2.45) is 0 Å². The number of likely N-dealkylation sites (N-methyl/N-ethyl adjacent to an activating group) is 1. The molecule has 0 spiro atoms. The number of hydrogen-bond acceptors (Lipinski definition) is 3. The third-order valence-corrected chi connectivity index (χ3v) is 2.46. The Hall–Kier alpha value is -0.540. The van der Waals surface area contributed by atoms with E-state index >= 15 is 0 Å². The first-order valence-electron chi connectivity index (χ1n) is 5.89. The Balaban J connectivity index is 2.44. The summed E-state index contributed by atoms with van der Waals surface area (Å²) in [6.45, 7) is 8.80. The standard InChI is InChI=1S/C12H23NO2/c1-4-13-12(9-15-10(2)3)11-6-5-7-14-8-11/h8,10,12-13H,4-7,9H2,1-3H3. The first-order valence-corrected chi connectivity index (χ1v) is 5.89. The fraction of sp³-hybridized carbons (Fsp3) is 0.833. The number of rotatable bonds is 6. The van der Waals surface area contributed by atoms with Crippen LogP contribution in [0.2, 0.25) is 0 Å². The van der Waals surface area contributed by atoms with Gasteiger partial charge in [-0.15, -0.1) is 0 Å². The van der Waals surface area contributed by atoms with Crippen molar-refractivity contribution < 1.29 is 9.47 Å². The molecule has 1 aliphatic heterocycles. The van der Waals surface area contributed by atoms with E-state index in [0.29, 0.717) is 6.04 Å². The SMILES string of the molecule is CCNC(COC(C)C)C1=COCCC1. The van der Waals surface area contributed by atoms with Gasteiger partial charge in [0.1, 0.15) is 0 Å². The van der Waals surface area contributed by atoms with Crippen molar-refractivity contribution in [2.45, 2.75) is 45.8 Å². The van der Waals surface area contributed by atoms with Crippen LogP contribution in [0.1, 0.15) is 33.6 Å². The lowest BCUT2D eigenvalue weighted by Gasteiger charge is -2.24. The molecule has 0 saturated heterocycles. The zero-order valence-electron chi connectivity index (χ0n) is 10.1. The highest BCUT2D eigenvalue weighted by Gasteiger charge is 2.16. The molecule has 0 aromatic rings. The van der Waals surface area contributed by atoms with Gasteiger partial charge in [-0.05, 0) is 38.8 Å². The summed E-state index contributed by atoms with van der Waals surface area (Å²) in [4.78, 5) is 0. The lowest BCUT2D eigenvalue weighted by atomic mass is 10.0. The molecule has 0 fully saturated rings. The van der Waals surface area contributed by atoms with E-state index in [-0.39, 0.29) is 6.10 Å². The van der Waals surface area contributed by atoms with E-state index in [1.807, 2.05) is 6.26 Å². The molecule has 0 aliphatic carbocycles. The second kappa shape index (κ2) is 6.85. The van der Waals surface area contributed by atoms with Crippen molar-refractivity contribution in [1.82, 2.24) is 5.32 Å². The Morgan fingerprint density at radius 1 is 1.53 bits per heavy atom. The van der Waals surface area contributed by atoms with Gasteiger partial charge in [0.25, 0.3) is 0 Å². The van der Waals surface area contributed by atoms with Gasteiger partial charge >= 0.3 is 0 Å². The summed E-state index contributed by atoms with van der Waals surface area (Å²) in [7, 11) is 0. The fourth-order valence-corrected chi connectivity index (χ4v) is 1.67. The molecule has 3 heteroatoms. The van der Waals surface area contributed by atoms with Gasteiger partial charge in [-0.1, -0.05) is 6.92 Å². The van der Waals surface area contributed by atoms with Crippen LogP contribution in [0.5, 0.6) is 0 Å². The van der Waals surface area contributed by atoms with Crippen LogP contribution in [0.4, 0.5) is 0 Å². The largest absolute Gasteiger partial charge is 0.501 e. The van der Waals surface area contributed by atoms with E-state index in [1.165, 1.54) is 5.57 Å².